The molecule has 0 saturated heterocycles. The van der Waals surface area contributed by atoms with Crippen molar-refractivity contribution in [2.24, 2.45) is 5.10 Å². The van der Waals surface area contributed by atoms with Gasteiger partial charge in [0.25, 0.3) is 0 Å². The smallest absolute Gasteiger partial charge is 0.244 e. The number of nitrogens with one attached hydrogen (secondary N) is 1. The summed E-state index contributed by atoms with van der Waals surface area (Å²) in [5.41, 5.74) is 0.386. The van der Waals surface area contributed by atoms with E-state index in [1.165, 1.54) is 6.21 Å². The number of nitrogens with zero attached hydrogens (tertiary/aromatic N) is 1. The Morgan fingerprint density at radius 1 is 1.44 bits per heavy atom. The maximum atomic E-state index is 10.7. The highest BCUT2D eigenvalue weighted by Gasteiger charge is 2.05. The standard InChI is InChI=1S/C8H8Br2N2O3S/c1-16(14,15)12-11-4-5-2-6(9)3-7(10)8(5)13/h2-4,12-13H,1H3/b11-4-. The highest BCUT2D eigenvalue weighted by molar-refractivity contribution is 9.11. The normalized spacial score (nSPS) is 11.9. The third-order valence-corrected chi connectivity index (χ3v) is 2.98. The highest BCUT2D eigenvalue weighted by Crippen LogP contribution is 2.30. The summed E-state index contributed by atoms with van der Waals surface area (Å²) in [6.45, 7) is 0. The van der Waals surface area contributed by atoms with Crippen LogP contribution in [0.2, 0.25) is 0 Å². The first-order valence-corrected chi connectivity index (χ1v) is 7.45. The number of hydrogen-bond acceptors (Lipinski definition) is 4. The van der Waals surface area contributed by atoms with Gasteiger partial charge in [-0.2, -0.15) is 5.10 Å². The van der Waals surface area contributed by atoms with E-state index in [9.17, 15) is 13.5 Å². The molecule has 1 aromatic rings. The van der Waals surface area contributed by atoms with E-state index in [0.29, 0.717) is 10.0 Å². The number of aromatic hydroxyl groups is 1. The van der Waals surface area contributed by atoms with E-state index in [1.54, 1.807) is 12.1 Å². The van der Waals surface area contributed by atoms with Crippen molar-refractivity contribution in [3.8, 4) is 5.75 Å². The van der Waals surface area contributed by atoms with Gasteiger partial charge in [0.1, 0.15) is 5.75 Å². The molecule has 0 spiro atoms. The van der Waals surface area contributed by atoms with E-state index >= 15 is 0 Å². The number of phenols is 1. The lowest BCUT2D eigenvalue weighted by Gasteiger charge is -2.02. The molecule has 16 heavy (non-hydrogen) atoms. The molecule has 0 bridgehead atoms. The fraction of sp³-hybridized carbons (Fsp3) is 0.125. The minimum absolute atomic E-state index is 0.0118. The Bertz CT molecular complexity index is 528. The van der Waals surface area contributed by atoms with Gasteiger partial charge in [0.15, 0.2) is 0 Å². The van der Waals surface area contributed by atoms with Crippen LogP contribution in [0, 0.1) is 0 Å². The molecule has 5 nitrogen and oxygen atoms in total. The third-order valence-electron chi connectivity index (χ3n) is 1.48. The summed E-state index contributed by atoms with van der Waals surface area (Å²) >= 11 is 6.39. The molecule has 0 aliphatic heterocycles. The quantitative estimate of drug-likeness (QED) is 0.628. The maximum absolute atomic E-state index is 10.7. The predicted octanol–water partition coefficient (Wildman–Crippen LogP) is 1.80. The summed E-state index contributed by atoms with van der Waals surface area (Å²) in [5, 5.41) is 13.1. The van der Waals surface area contributed by atoms with Gasteiger partial charge in [-0.15, -0.1) is 0 Å². The van der Waals surface area contributed by atoms with Crippen LogP contribution in [-0.2, 0) is 10.0 Å². The Labute approximate surface area is 110 Å². The summed E-state index contributed by atoms with van der Waals surface area (Å²) in [4.78, 5) is 1.94. The van der Waals surface area contributed by atoms with Crippen molar-refractivity contribution in [3.05, 3.63) is 26.6 Å². The summed E-state index contributed by atoms with van der Waals surface area (Å²) in [6.07, 6.45) is 2.20. The van der Waals surface area contributed by atoms with E-state index in [-0.39, 0.29) is 5.75 Å². The number of hydrogen-bond donors (Lipinski definition) is 2. The molecule has 0 heterocycles. The number of sulfonamides is 1. The van der Waals surface area contributed by atoms with Crippen LogP contribution >= 0.6 is 31.9 Å². The first kappa shape index (κ1) is 13.5. The highest BCUT2D eigenvalue weighted by atomic mass is 79.9. The Kier molecular flexibility index (Phi) is 4.34. The van der Waals surface area contributed by atoms with Crippen LogP contribution in [0.5, 0.6) is 5.75 Å². The van der Waals surface area contributed by atoms with Gasteiger partial charge >= 0.3 is 0 Å². The summed E-state index contributed by atoms with van der Waals surface area (Å²) in [6, 6.07) is 3.27. The second-order valence-electron chi connectivity index (χ2n) is 2.95. The van der Waals surface area contributed by atoms with Crippen LogP contribution < -0.4 is 4.83 Å². The molecule has 0 aliphatic rings. The Balaban J connectivity index is 2.98. The molecule has 1 rings (SSSR count). The molecule has 0 aliphatic carbocycles. The fourth-order valence-electron chi connectivity index (χ4n) is 0.876. The van der Waals surface area contributed by atoms with Gasteiger partial charge in [-0.1, -0.05) is 15.9 Å². The largest absolute Gasteiger partial charge is 0.506 e. The minimum atomic E-state index is -3.38. The molecule has 0 aromatic heterocycles. The number of benzene rings is 1. The Morgan fingerprint density at radius 3 is 2.62 bits per heavy atom. The monoisotopic (exact) mass is 370 g/mol. The predicted molar refractivity (Wildman–Crippen MR) is 69.1 cm³/mol. The lowest BCUT2D eigenvalue weighted by Crippen LogP contribution is -2.15. The van der Waals surface area contributed by atoms with E-state index in [1.807, 2.05) is 4.83 Å². The molecule has 0 saturated carbocycles. The minimum Gasteiger partial charge on any atom is -0.506 e. The van der Waals surface area contributed by atoms with Gasteiger partial charge in [0.2, 0.25) is 10.0 Å². The van der Waals surface area contributed by atoms with E-state index in [0.717, 1.165) is 10.7 Å². The van der Waals surface area contributed by atoms with Crippen LogP contribution in [0.4, 0.5) is 0 Å². The van der Waals surface area contributed by atoms with Crippen molar-refractivity contribution in [2.45, 2.75) is 0 Å². The van der Waals surface area contributed by atoms with Gasteiger partial charge < -0.3 is 5.11 Å². The average Bonchev–Trinajstić information content (AvgIpc) is 2.11. The van der Waals surface area contributed by atoms with Gasteiger partial charge in [0.05, 0.1) is 16.9 Å². The van der Waals surface area contributed by atoms with Gasteiger partial charge in [-0.25, -0.2) is 13.2 Å². The van der Waals surface area contributed by atoms with Crippen molar-refractivity contribution >= 4 is 48.1 Å². The van der Waals surface area contributed by atoms with Crippen LogP contribution in [0.3, 0.4) is 0 Å². The Morgan fingerprint density at radius 2 is 2.06 bits per heavy atom. The molecule has 8 heteroatoms. The second-order valence-corrected chi connectivity index (χ2v) is 6.44. The first-order chi connectivity index (χ1) is 7.29. The molecular formula is C8H8Br2N2O3S. The lowest BCUT2D eigenvalue weighted by atomic mass is 10.2. The van der Waals surface area contributed by atoms with Crippen molar-refractivity contribution < 1.29 is 13.5 Å². The molecule has 88 valence electrons. The fourth-order valence-corrected chi connectivity index (χ4v) is 2.38. The van der Waals surface area contributed by atoms with Gasteiger partial charge in [0, 0.05) is 10.0 Å². The molecule has 0 atom stereocenters. The zero-order chi connectivity index (χ0) is 12.3. The molecule has 2 N–H and O–H groups in total. The number of rotatable bonds is 3. The van der Waals surface area contributed by atoms with Gasteiger partial charge in [-0.05, 0) is 28.1 Å². The average molecular weight is 372 g/mol. The van der Waals surface area contributed by atoms with Crippen molar-refractivity contribution in [1.29, 1.82) is 0 Å². The molecule has 0 unspecified atom stereocenters. The summed E-state index contributed by atoms with van der Waals surface area (Å²) in [5.74, 6) is -0.0118. The Hall–Kier alpha value is -0.600. The van der Waals surface area contributed by atoms with Gasteiger partial charge in [-0.3, -0.25) is 0 Å². The van der Waals surface area contributed by atoms with Crippen LogP contribution in [-0.4, -0.2) is 26.0 Å². The number of halogens is 2. The van der Waals surface area contributed by atoms with Crippen LogP contribution in [0.25, 0.3) is 0 Å². The molecular weight excluding hydrogens is 364 g/mol. The SMILES string of the molecule is CS(=O)(=O)N/N=C\c1cc(Br)cc(Br)c1O. The molecule has 1 aromatic carbocycles. The zero-order valence-electron chi connectivity index (χ0n) is 8.11. The van der Waals surface area contributed by atoms with Crippen LogP contribution in [0.1, 0.15) is 5.56 Å². The van der Waals surface area contributed by atoms with Crippen molar-refractivity contribution in [1.82, 2.24) is 4.83 Å². The number of hydrazone groups is 1. The van der Waals surface area contributed by atoms with Crippen LogP contribution in [0.15, 0.2) is 26.2 Å². The summed E-state index contributed by atoms with van der Waals surface area (Å²) < 4.78 is 22.7. The first-order valence-electron chi connectivity index (χ1n) is 3.97. The van der Waals surface area contributed by atoms with Crippen molar-refractivity contribution in [2.75, 3.05) is 6.26 Å². The van der Waals surface area contributed by atoms with Crippen molar-refractivity contribution in [3.63, 3.8) is 0 Å². The zero-order valence-corrected chi connectivity index (χ0v) is 12.1. The summed E-state index contributed by atoms with van der Waals surface area (Å²) in [7, 11) is -3.38. The molecule has 0 radical (unpaired) electrons. The van der Waals surface area contributed by atoms with E-state index < -0.39 is 10.0 Å². The lowest BCUT2D eigenvalue weighted by molar-refractivity contribution is 0.471. The maximum Gasteiger partial charge on any atom is 0.244 e. The molecule has 0 fully saturated rings. The van der Waals surface area contributed by atoms with E-state index in [2.05, 4.69) is 37.0 Å². The van der Waals surface area contributed by atoms with E-state index in [4.69, 9.17) is 0 Å². The third kappa shape index (κ3) is 4.11. The number of phenolic OH excluding ortho intramolecular Hbond substituents is 1. The molecule has 0 amide bonds. The topological polar surface area (TPSA) is 78.8 Å². The second kappa shape index (κ2) is 5.15.